The van der Waals surface area contributed by atoms with Gasteiger partial charge in [0.1, 0.15) is 0 Å². The van der Waals surface area contributed by atoms with Gasteiger partial charge in [-0.3, -0.25) is 14.4 Å². The Morgan fingerprint density at radius 2 is 1.96 bits per heavy atom. The van der Waals surface area contributed by atoms with E-state index in [9.17, 15) is 14.4 Å². The van der Waals surface area contributed by atoms with E-state index >= 15 is 0 Å². The van der Waals surface area contributed by atoms with Crippen LogP contribution in [0.2, 0.25) is 0 Å². The third-order valence-electron chi connectivity index (χ3n) is 3.99. The van der Waals surface area contributed by atoms with Crippen molar-refractivity contribution in [2.24, 2.45) is 0 Å². The highest BCUT2D eigenvalue weighted by Gasteiger charge is 2.15. The summed E-state index contributed by atoms with van der Waals surface area (Å²) in [5.41, 5.74) is 0.422. The standard InChI is InChI=1S/C17H23N3O3/c1-4-7-10-19(5-2)16(22)12-8-9-14-13(11-12)18-15(21)17(23)20(14)6-3/h8-9,11H,4-7,10H2,1-3H3,(H,18,21). The summed E-state index contributed by atoms with van der Waals surface area (Å²) in [7, 11) is 0. The quantitative estimate of drug-likeness (QED) is 0.828. The number of amides is 1. The second-order valence-corrected chi connectivity index (χ2v) is 5.47. The number of carbonyl (C=O) groups excluding carboxylic acids is 1. The summed E-state index contributed by atoms with van der Waals surface area (Å²) in [6, 6.07) is 5.08. The van der Waals surface area contributed by atoms with Crippen molar-refractivity contribution in [1.82, 2.24) is 14.5 Å². The molecule has 1 heterocycles. The smallest absolute Gasteiger partial charge is 0.316 e. The van der Waals surface area contributed by atoms with Crippen LogP contribution in [0.1, 0.15) is 44.0 Å². The number of H-pyrrole nitrogens is 1. The average Bonchev–Trinajstić information content (AvgIpc) is 2.56. The fraction of sp³-hybridized carbons (Fsp3) is 0.471. The van der Waals surface area contributed by atoms with E-state index < -0.39 is 11.1 Å². The Balaban J connectivity index is 2.48. The van der Waals surface area contributed by atoms with Gasteiger partial charge in [0.15, 0.2) is 0 Å². The highest BCUT2D eigenvalue weighted by atomic mass is 16.2. The van der Waals surface area contributed by atoms with Crippen LogP contribution < -0.4 is 11.1 Å². The molecule has 0 aliphatic carbocycles. The van der Waals surface area contributed by atoms with E-state index in [0.29, 0.717) is 29.7 Å². The number of aromatic nitrogens is 2. The molecule has 0 bridgehead atoms. The molecule has 1 amide bonds. The third-order valence-corrected chi connectivity index (χ3v) is 3.99. The van der Waals surface area contributed by atoms with Gasteiger partial charge in [-0.05, 0) is 38.5 Å². The van der Waals surface area contributed by atoms with E-state index in [1.165, 1.54) is 4.57 Å². The van der Waals surface area contributed by atoms with Gasteiger partial charge in [0.2, 0.25) is 0 Å². The number of carbonyl (C=O) groups is 1. The second-order valence-electron chi connectivity index (χ2n) is 5.47. The maximum atomic E-state index is 12.6. The number of aryl methyl sites for hydroxylation is 1. The SMILES string of the molecule is CCCCN(CC)C(=O)c1ccc2c(c1)[nH]c(=O)c(=O)n2CC. The van der Waals surface area contributed by atoms with E-state index in [0.717, 1.165) is 19.4 Å². The molecule has 0 fully saturated rings. The number of hydrogen-bond donors (Lipinski definition) is 1. The first-order chi connectivity index (χ1) is 11.0. The van der Waals surface area contributed by atoms with Gasteiger partial charge >= 0.3 is 11.1 Å². The van der Waals surface area contributed by atoms with E-state index in [1.54, 1.807) is 23.1 Å². The van der Waals surface area contributed by atoms with E-state index in [2.05, 4.69) is 11.9 Å². The molecule has 2 rings (SSSR count). The highest BCUT2D eigenvalue weighted by molar-refractivity contribution is 5.97. The number of nitrogens with zero attached hydrogens (tertiary/aromatic N) is 2. The maximum absolute atomic E-state index is 12.6. The number of nitrogens with one attached hydrogen (secondary N) is 1. The van der Waals surface area contributed by atoms with Gasteiger partial charge in [-0.15, -0.1) is 0 Å². The summed E-state index contributed by atoms with van der Waals surface area (Å²) in [5, 5.41) is 0. The van der Waals surface area contributed by atoms with Crippen LogP contribution in [0, 0.1) is 0 Å². The molecule has 0 saturated carbocycles. The number of aromatic amines is 1. The number of benzene rings is 1. The Bertz CT molecular complexity index is 820. The minimum atomic E-state index is -0.665. The first-order valence-corrected chi connectivity index (χ1v) is 8.09. The lowest BCUT2D eigenvalue weighted by Crippen LogP contribution is -2.36. The molecule has 0 unspecified atom stereocenters. The molecular weight excluding hydrogens is 294 g/mol. The summed E-state index contributed by atoms with van der Waals surface area (Å²) in [5.74, 6) is -0.0575. The lowest BCUT2D eigenvalue weighted by atomic mass is 10.1. The fourth-order valence-corrected chi connectivity index (χ4v) is 2.66. The van der Waals surface area contributed by atoms with Crippen molar-refractivity contribution in [2.45, 2.75) is 40.2 Å². The summed E-state index contributed by atoms with van der Waals surface area (Å²) in [4.78, 5) is 40.5. The van der Waals surface area contributed by atoms with Crippen molar-refractivity contribution < 1.29 is 4.79 Å². The lowest BCUT2D eigenvalue weighted by molar-refractivity contribution is 0.0762. The molecule has 1 aromatic carbocycles. The molecule has 6 heteroatoms. The van der Waals surface area contributed by atoms with Crippen LogP contribution in [-0.2, 0) is 6.54 Å². The average molecular weight is 317 g/mol. The van der Waals surface area contributed by atoms with Gasteiger partial charge in [-0.2, -0.15) is 0 Å². The van der Waals surface area contributed by atoms with Gasteiger partial charge in [0.05, 0.1) is 11.0 Å². The maximum Gasteiger partial charge on any atom is 0.316 e. The summed E-state index contributed by atoms with van der Waals surface area (Å²) < 4.78 is 1.41. The normalized spacial score (nSPS) is 10.9. The minimum Gasteiger partial charge on any atom is -0.339 e. The first kappa shape index (κ1) is 17.0. The molecule has 124 valence electrons. The van der Waals surface area contributed by atoms with Gasteiger partial charge in [0.25, 0.3) is 5.91 Å². The van der Waals surface area contributed by atoms with Crippen molar-refractivity contribution in [1.29, 1.82) is 0 Å². The van der Waals surface area contributed by atoms with Crippen LogP contribution in [0.25, 0.3) is 11.0 Å². The fourth-order valence-electron chi connectivity index (χ4n) is 2.66. The largest absolute Gasteiger partial charge is 0.339 e. The van der Waals surface area contributed by atoms with Crippen LogP contribution in [0.3, 0.4) is 0 Å². The van der Waals surface area contributed by atoms with E-state index in [-0.39, 0.29) is 5.91 Å². The van der Waals surface area contributed by atoms with Crippen LogP contribution >= 0.6 is 0 Å². The summed E-state index contributed by atoms with van der Waals surface area (Å²) in [6.45, 7) is 7.61. The Hall–Kier alpha value is -2.37. The Labute approximate surface area is 134 Å². The molecule has 6 nitrogen and oxygen atoms in total. The molecule has 0 spiro atoms. The Morgan fingerprint density at radius 1 is 1.22 bits per heavy atom. The second kappa shape index (κ2) is 7.26. The third kappa shape index (κ3) is 3.36. The van der Waals surface area contributed by atoms with Crippen molar-refractivity contribution in [2.75, 3.05) is 13.1 Å². The zero-order valence-corrected chi connectivity index (χ0v) is 13.9. The van der Waals surface area contributed by atoms with Crippen LogP contribution in [0.4, 0.5) is 0 Å². The summed E-state index contributed by atoms with van der Waals surface area (Å²) >= 11 is 0. The zero-order chi connectivity index (χ0) is 17.0. The van der Waals surface area contributed by atoms with Crippen LogP contribution in [-0.4, -0.2) is 33.4 Å². The van der Waals surface area contributed by atoms with Gasteiger partial charge in [0, 0.05) is 25.2 Å². The van der Waals surface area contributed by atoms with Gasteiger partial charge < -0.3 is 14.5 Å². The predicted molar refractivity (Wildman–Crippen MR) is 91.0 cm³/mol. The van der Waals surface area contributed by atoms with Crippen molar-refractivity contribution >= 4 is 16.9 Å². The molecule has 0 saturated heterocycles. The van der Waals surface area contributed by atoms with E-state index in [1.807, 2.05) is 13.8 Å². The molecular formula is C17H23N3O3. The van der Waals surface area contributed by atoms with Crippen LogP contribution in [0.15, 0.2) is 27.8 Å². The molecule has 0 atom stereocenters. The van der Waals surface area contributed by atoms with E-state index in [4.69, 9.17) is 0 Å². The molecule has 1 N–H and O–H groups in total. The molecule has 0 aliphatic rings. The molecule has 2 aromatic rings. The first-order valence-electron chi connectivity index (χ1n) is 8.09. The Kier molecular flexibility index (Phi) is 5.36. The minimum absolute atomic E-state index is 0.0575. The predicted octanol–water partition coefficient (Wildman–Crippen LogP) is 1.97. The monoisotopic (exact) mass is 317 g/mol. The molecule has 23 heavy (non-hydrogen) atoms. The van der Waals surface area contributed by atoms with Crippen molar-refractivity contribution in [3.63, 3.8) is 0 Å². The molecule has 1 aromatic heterocycles. The Morgan fingerprint density at radius 3 is 2.57 bits per heavy atom. The topological polar surface area (TPSA) is 75.2 Å². The number of rotatable bonds is 6. The molecule has 0 radical (unpaired) electrons. The zero-order valence-electron chi connectivity index (χ0n) is 13.9. The summed E-state index contributed by atoms with van der Waals surface area (Å²) in [6.07, 6.45) is 1.98. The lowest BCUT2D eigenvalue weighted by Gasteiger charge is -2.21. The van der Waals surface area contributed by atoms with Crippen LogP contribution in [0.5, 0.6) is 0 Å². The van der Waals surface area contributed by atoms with Crippen molar-refractivity contribution in [3.05, 3.63) is 44.5 Å². The highest BCUT2D eigenvalue weighted by Crippen LogP contribution is 2.14. The number of fused-ring (bicyclic) bond motifs is 1. The van der Waals surface area contributed by atoms with Crippen molar-refractivity contribution in [3.8, 4) is 0 Å². The number of unbranched alkanes of at least 4 members (excludes halogenated alkanes) is 1. The molecule has 0 aliphatic heterocycles. The number of hydrogen-bond acceptors (Lipinski definition) is 3. The van der Waals surface area contributed by atoms with Gasteiger partial charge in [-0.25, -0.2) is 0 Å². The van der Waals surface area contributed by atoms with Gasteiger partial charge in [-0.1, -0.05) is 13.3 Å².